The number of halogens is 4. The Morgan fingerprint density at radius 2 is 1.88 bits per heavy atom. The second-order valence-electron chi connectivity index (χ2n) is 5.12. The van der Waals surface area contributed by atoms with Crippen LogP contribution in [0.15, 0.2) is 41.1 Å². The van der Waals surface area contributed by atoms with E-state index < -0.39 is 24.5 Å². The minimum absolute atomic E-state index is 0.304. The Hall–Kier alpha value is -1.65. The summed E-state index contributed by atoms with van der Waals surface area (Å²) in [6.45, 7) is -0.481. The standard InChI is InChI=1S/C16H11F3INO3/c17-16(18,19)9-3-1-8(2-4-9)10-5-11(20)13(12(23)6-22)15-14(10)21-7-24-15/h1-5,7,12,22-23H,6H2. The fourth-order valence-electron chi connectivity index (χ4n) is 2.47. The molecular weight excluding hydrogens is 438 g/mol. The highest BCUT2D eigenvalue weighted by Crippen LogP contribution is 2.37. The van der Waals surface area contributed by atoms with E-state index in [4.69, 9.17) is 4.42 Å². The SMILES string of the molecule is OCC(O)c1c(I)cc(-c2ccc(C(F)(F)F)cc2)c2ncoc12. The van der Waals surface area contributed by atoms with Gasteiger partial charge in [-0.15, -0.1) is 0 Å². The summed E-state index contributed by atoms with van der Waals surface area (Å²) in [5.41, 5.74) is 1.53. The van der Waals surface area contributed by atoms with Gasteiger partial charge in [0.25, 0.3) is 0 Å². The van der Waals surface area contributed by atoms with Crippen LogP contribution in [0.1, 0.15) is 17.2 Å². The Labute approximate surface area is 148 Å². The molecule has 1 heterocycles. The van der Waals surface area contributed by atoms with Crippen LogP contribution in [0.4, 0.5) is 13.2 Å². The number of benzene rings is 2. The maximum absolute atomic E-state index is 12.7. The molecule has 0 radical (unpaired) electrons. The minimum Gasteiger partial charge on any atom is -0.443 e. The molecule has 1 atom stereocenters. The molecule has 1 aromatic heterocycles. The Bertz CT molecular complexity index is 875. The maximum Gasteiger partial charge on any atom is 0.416 e. The molecular formula is C16H11F3INO3. The quantitative estimate of drug-likeness (QED) is 0.590. The number of nitrogens with zero attached hydrogens (tertiary/aromatic N) is 1. The van der Waals surface area contributed by atoms with Crippen LogP contribution < -0.4 is 0 Å². The van der Waals surface area contributed by atoms with Crippen molar-refractivity contribution in [1.82, 2.24) is 4.98 Å². The second kappa shape index (κ2) is 6.34. The number of oxazole rings is 1. The molecule has 0 fully saturated rings. The summed E-state index contributed by atoms with van der Waals surface area (Å²) < 4.78 is 44.0. The van der Waals surface area contributed by atoms with Crippen molar-refractivity contribution in [1.29, 1.82) is 0 Å². The molecule has 0 aliphatic rings. The highest BCUT2D eigenvalue weighted by Gasteiger charge is 2.30. The van der Waals surface area contributed by atoms with E-state index in [-0.39, 0.29) is 0 Å². The average Bonchev–Trinajstić information content (AvgIpc) is 3.02. The molecule has 0 saturated carbocycles. The first-order valence-electron chi connectivity index (χ1n) is 6.85. The van der Waals surface area contributed by atoms with Gasteiger partial charge in [0.05, 0.1) is 12.2 Å². The van der Waals surface area contributed by atoms with Gasteiger partial charge in [-0.2, -0.15) is 13.2 Å². The second-order valence-corrected chi connectivity index (χ2v) is 6.29. The lowest BCUT2D eigenvalue weighted by atomic mass is 9.99. The average molecular weight is 449 g/mol. The van der Waals surface area contributed by atoms with E-state index in [1.165, 1.54) is 18.5 Å². The van der Waals surface area contributed by atoms with E-state index in [1.54, 1.807) is 6.07 Å². The molecule has 4 nitrogen and oxygen atoms in total. The summed E-state index contributed by atoms with van der Waals surface area (Å²) in [5, 5.41) is 19.1. The van der Waals surface area contributed by atoms with Crippen LogP contribution in [0.25, 0.3) is 22.2 Å². The molecule has 3 aromatic rings. The molecule has 0 saturated heterocycles. The van der Waals surface area contributed by atoms with Gasteiger partial charge in [0.2, 0.25) is 0 Å². The van der Waals surface area contributed by atoms with Crippen molar-refractivity contribution >= 4 is 33.7 Å². The number of rotatable bonds is 3. The first-order chi connectivity index (χ1) is 11.3. The Kier molecular flexibility index (Phi) is 4.54. The van der Waals surface area contributed by atoms with E-state index in [0.29, 0.717) is 31.4 Å². The molecule has 8 heteroatoms. The van der Waals surface area contributed by atoms with Gasteiger partial charge in [-0.25, -0.2) is 4.98 Å². The third kappa shape index (κ3) is 3.01. The number of fused-ring (bicyclic) bond motifs is 1. The predicted molar refractivity (Wildman–Crippen MR) is 89.2 cm³/mol. The zero-order chi connectivity index (χ0) is 17.5. The van der Waals surface area contributed by atoms with Crippen LogP contribution in [0, 0.1) is 3.57 Å². The number of hydrogen-bond acceptors (Lipinski definition) is 4. The maximum atomic E-state index is 12.7. The highest BCUT2D eigenvalue weighted by molar-refractivity contribution is 14.1. The number of aliphatic hydroxyl groups is 2. The Balaban J connectivity index is 2.16. The first kappa shape index (κ1) is 17.2. The Morgan fingerprint density at radius 3 is 2.46 bits per heavy atom. The van der Waals surface area contributed by atoms with E-state index in [1.807, 2.05) is 22.6 Å². The molecule has 0 aliphatic carbocycles. The summed E-state index contributed by atoms with van der Waals surface area (Å²) >= 11 is 1.98. The summed E-state index contributed by atoms with van der Waals surface area (Å²) in [6.07, 6.45) is -4.33. The minimum atomic E-state index is -4.40. The van der Waals surface area contributed by atoms with Crippen LogP contribution in [0.5, 0.6) is 0 Å². The number of aromatic nitrogens is 1. The monoisotopic (exact) mass is 449 g/mol. The van der Waals surface area contributed by atoms with E-state index in [2.05, 4.69) is 4.98 Å². The lowest BCUT2D eigenvalue weighted by molar-refractivity contribution is -0.137. The molecule has 3 rings (SSSR count). The van der Waals surface area contributed by atoms with Gasteiger partial charge in [-0.3, -0.25) is 0 Å². The van der Waals surface area contributed by atoms with Crippen molar-refractivity contribution in [3.8, 4) is 11.1 Å². The van der Waals surface area contributed by atoms with Crippen molar-refractivity contribution in [2.45, 2.75) is 12.3 Å². The lowest BCUT2D eigenvalue weighted by Crippen LogP contribution is -2.06. The van der Waals surface area contributed by atoms with Crippen LogP contribution in [0.2, 0.25) is 0 Å². The van der Waals surface area contributed by atoms with Gasteiger partial charge in [-0.1, -0.05) is 12.1 Å². The fourth-order valence-corrected chi connectivity index (χ4v) is 3.39. The van der Waals surface area contributed by atoms with Gasteiger partial charge >= 0.3 is 6.18 Å². The third-order valence-corrected chi connectivity index (χ3v) is 4.52. The van der Waals surface area contributed by atoms with Crippen LogP contribution in [-0.4, -0.2) is 21.8 Å². The molecule has 24 heavy (non-hydrogen) atoms. The smallest absolute Gasteiger partial charge is 0.416 e. The normalized spacial score (nSPS) is 13.4. The molecule has 1 unspecified atom stereocenters. The van der Waals surface area contributed by atoms with Crippen molar-refractivity contribution in [2.75, 3.05) is 6.61 Å². The van der Waals surface area contributed by atoms with Gasteiger partial charge in [0, 0.05) is 14.7 Å². The van der Waals surface area contributed by atoms with Gasteiger partial charge in [0.15, 0.2) is 12.0 Å². The van der Waals surface area contributed by atoms with Crippen molar-refractivity contribution in [3.05, 3.63) is 51.4 Å². The molecule has 0 bridgehead atoms. The summed E-state index contributed by atoms with van der Waals surface area (Å²) in [4.78, 5) is 4.10. The topological polar surface area (TPSA) is 66.5 Å². The first-order valence-corrected chi connectivity index (χ1v) is 7.93. The molecule has 126 valence electrons. The number of aliphatic hydroxyl groups excluding tert-OH is 2. The number of hydrogen-bond donors (Lipinski definition) is 2. The van der Waals surface area contributed by atoms with Crippen LogP contribution in [0.3, 0.4) is 0 Å². The van der Waals surface area contributed by atoms with Gasteiger partial charge in [-0.05, 0) is 46.4 Å². The van der Waals surface area contributed by atoms with Crippen molar-refractivity contribution < 1.29 is 27.8 Å². The van der Waals surface area contributed by atoms with E-state index in [9.17, 15) is 23.4 Å². The molecule has 0 spiro atoms. The fraction of sp³-hybridized carbons (Fsp3) is 0.188. The zero-order valence-electron chi connectivity index (χ0n) is 12.0. The molecule has 2 N–H and O–H groups in total. The van der Waals surface area contributed by atoms with Crippen molar-refractivity contribution in [2.24, 2.45) is 0 Å². The van der Waals surface area contributed by atoms with Crippen LogP contribution in [-0.2, 0) is 6.18 Å². The molecule has 2 aromatic carbocycles. The lowest BCUT2D eigenvalue weighted by Gasteiger charge is -2.13. The Morgan fingerprint density at radius 1 is 1.21 bits per heavy atom. The van der Waals surface area contributed by atoms with E-state index in [0.717, 1.165) is 12.1 Å². The largest absolute Gasteiger partial charge is 0.443 e. The zero-order valence-corrected chi connectivity index (χ0v) is 14.2. The van der Waals surface area contributed by atoms with E-state index >= 15 is 0 Å². The predicted octanol–water partition coefficient (Wildman–Crippen LogP) is 4.14. The summed E-state index contributed by atoms with van der Waals surface area (Å²) in [6, 6.07) is 6.44. The summed E-state index contributed by atoms with van der Waals surface area (Å²) in [5.74, 6) is 0. The molecule has 0 amide bonds. The van der Waals surface area contributed by atoms with Gasteiger partial charge in [0.1, 0.15) is 11.6 Å². The third-order valence-electron chi connectivity index (χ3n) is 3.62. The highest BCUT2D eigenvalue weighted by atomic mass is 127. The van der Waals surface area contributed by atoms with Crippen molar-refractivity contribution in [3.63, 3.8) is 0 Å². The molecule has 0 aliphatic heterocycles. The van der Waals surface area contributed by atoms with Gasteiger partial charge < -0.3 is 14.6 Å². The number of alkyl halides is 3. The summed E-state index contributed by atoms with van der Waals surface area (Å²) in [7, 11) is 0. The van der Waals surface area contributed by atoms with Crippen LogP contribution >= 0.6 is 22.6 Å².